The van der Waals surface area contributed by atoms with E-state index in [-0.39, 0.29) is 5.91 Å². The predicted octanol–water partition coefficient (Wildman–Crippen LogP) is 2.47. The summed E-state index contributed by atoms with van der Waals surface area (Å²) in [6.45, 7) is 0.442. The van der Waals surface area contributed by atoms with Gasteiger partial charge < -0.3 is 5.32 Å². The maximum Gasteiger partial charge on any atom is 0.272 e. The van der Waals surface area contributed by atoms with Crippen LogP contribution in [-0.2, 0) is 13.6 Å². The summed E-state index contributed by atoms with van der Waals surface area (Å²) >= 11 is 1.62. The molecule has 6 heteroatoms. The third-order valence-electron chi connectivity index (χ3n) is 3.06. The zero-order chi connectivity index (χ0) is 14.7. The lowest BCUT2D eigenvalue weighted by molar-refractivity contribution is 0.0945. The fourth-order valence-electron chi connectivity index (χ4n) is 2.01. The van der Waals surface area contributed by atoms with Gasteiger partial charge in [0, 0.05) is 26.0 Å². The van der Waals surface area contributed by atoms with Crippen LogP contribution >= 0.6 is 11.3 Å². The van der Waals surface area contributed by atoms with Crippen molar-refractivity contribution in [2.24, 2.45) is 7.05 Å². The number of hydrogen-bond donors (Lipinski definition) is 1. The predicted molar refractivity (Wildman–Crippen MR) is 81.9 cm³/mol. The zero-order valence-corrected chi connectivity index (χ0v) is 12.3. The van der Waals surface area contributed by atoms with Gasteiger partial charge in [0.05, 0.1) is 10.6 Å². The molecule has 1 N–H and O–H groups in total. The molecule has 21 heavy (non-hydrogen) atoms. The van der Waals surface area contributed by atoms with Crippen molar-refractivity contribution in [3.63, 3.8) is 0 Å². The monoisotopic (exact) mass is 298 g/mol. The van der Waals surface area contributed by atoms with Crippen LogP contribution < -0.4 is 5.32 Å². The SMILES string of the molecule is Cn1nc(C(=O)NCc2cccnc2)cc1-c1cccs1. The Bertz CT molecular complexity index is 734. The number of nitrogens with zero attached hydrogens (tertiary/aromatic N) is 3. The Labute approximate surface area is 126 Å². The molecule has 3 aromatic heterocycles. The molecule has 0 aliphatic heterocycles. The third kappa shape index (κ3) is 3.00. The summed E-state index contributed by atoms with van der Waals surface area (Å²) in [5, 5.41) is 9.13. The molecule has 0 saturated carbocycles. The van der Waals surface area contributed by atoms with Gasteiger partial charge in [0.2, 0.25) is 0 Å². The number of aryl methyl sites for hydroxylation is 1. The molecule has 3 rings (SSSR count). The Kier molecular flexibility index (Phi) is 3.79. The minimum atomic E-state index is -0.183. The highest BCUT2D eigenvalue weighted by atomic mass is 32.1. The van der Waals surface area contributed by atoms with Crippen molar-refractivity contribution in [3.8, 4) is 10.6 Å². The maximum absolute atomic E-state index is 12.1. The van der Waals surface area contributed by atoms with Crippen molar-refractivity contribution in [2.75, 3.05) is 0 Å². The van der Waals surface area contributed by atoms with Crippen molar-refractivity contribution in [2.45, 2.75) is 6.54 Å². The Morgan fingerprint density at radius 3 is 3.00 bits per heavy atom. The van der Waals surface area contributed by atoms with Gasteiger partial charge in [-0.1, -0.05) is 12.1 Å². The number of pyridine rings is 1. The summed E-state index contributed by atoms with van der Waals surface area (Å²) in [4.78, 5) is 17.3. The van der Waals surface area contributed by atoms with Crippen molar-refractivity contribution in [1.82, 2.24) is 20.1 Å². The minimum Gasteiger partial charge on any atom is -0.347 e. The summed E-state index contributed by atoms with van der Waals surface area (Å²) in [7, 11) is 1.84. The summed E-state index contributed by atoms with van der Waals surface area (Å²) < 4.78 is 1.73. The number of carbonyl (C=O) groups excluding carboxylic acids is 1. The first-order valence-electron chi connectivity index (χ1n) is 6.49. The molecule has 3 aromatic rings. The largest absolute Gasteiger partial charge is 0.347 e. The lowest BCUT2D eigenvalue weighted by atomic mass is 10.2. The van der Waals surface area contributed by atoms with E-state index in [1.807, 2.05) is 42.8 Å². The van der Waals surface area contributed by atoms with Gasteiger partial charge >= 0.3 is 0 Å². The van der Waals surface area contributed by atoms with Crippen molar-refractivity contribution < 1.29 is 4.79 Å². The average molecular weight is 298 g/mol. The van der Waals surface area contributed by atoms with E-state index in [2.05, 4.69) is 15.4 Å². The van der Waals surface area contributed by atoms with Gasteiger partial charge in [0.1, 0.15) is 0 Å². The number of aromatic nitrogens is 3. The van der Waals surface area contributed by atoms with E-state index in [0.29, 0.717) is 12.2 Å². The van der Waals surface area contributed by atoms with Crippen LogP contribution in [0.25, 0.3) is 10.6 Å². The van der Waals surface area contributed by atoms with Crippen LogP contribution in [0.15, 0.2) is 48.1 Å². The lowest BCUT2D eigenvalue weighted by Crippen LogP contribution is -2.23. The van der Waals surface area contributed by atoms with E-state index in [0.717, 1.165) is 16.1 Å². The van der Waals surface area contributed by atoms with Gasteiger partial charge in [0.15, 0.2) is 5.69 Å². The second-order valence-electron chi connectivity index (χ2n) is 4.56. The van der Waals surface area contributed by atoms with E-state index < -0.39 is 0 Å². The molecule has 3 heterocycles. The van der Waals surface area contributed by atoms with Crippen LogP contribution in [-0.4, -0.2) is 20.7 Å². The number of thiophene rings is 1. The van der Waals surface area contributed by atoms with Gasteiger partial charge in [0.25, 0.3) is 5.91 Å². The zero-order valence-electron chi connectivity index (χ0n) is 11.5. The fourth-order valence-corrected chi connectivity index (χ4v) is 2.78. The van der Waals surface area contributed by atoms with Gasteiger partial charge in [-0.2, -0.15) is 5.10 Å². The van der Waals surface area contributed by atoms with E-state index in [9.17, 15) is 4.79 Å². The molecule has 0 bridgehead atoms. The number of nitrogens with one attached hydrogen (secondary N) is 1. The van der Waals surface area contributed by atoms with Crippen molar-refractivity contribution in [3.05, 3.63) is 59.4 Å². The maximum atomic E-state index is 12.1. The number of rotatable bonds is 4. The lowest BCUT2D eigenvalue weighted by Gasteiger charge is -2.02. The summed E-state index contributed by atoms with van der Waals surface area (Å²) in [5.41, 5.74) is 2.32. The normalized spacial score (nSPS) is 10.5. The topological polar surface area (TPSA) is 59.8 Å². The van der Waals surface area contributed by atoms with E-state index in [1.165, 1.54) is 0 Å². The molecule has 5 nitrogen and oxygen atoms in total. The first kappa shape index (κ1) is 13.5. The van der Waals surface area contributed by atoms with Crippen LogP contribution in [0.1, 0.15) is 16.1 Å². The summed E-state index contributed by atoms with van der Waals surface area (Å²) in [5.74, 6) is -0.183. The van der Waals surface area contributed by atoms with E-state index >= 15 is 0 Å². The highest BCUT2D eigenvalue weighted by Crippen LogP contribution is 2.24. The Morgan fingerprint density at radius 1 is 1.38 bits per heavy atom. The van der Waals surface area contributed by atoms with Gasteiger partial charge in [-0.25, -0.2) is 0 Å². The van der Waals surface area contributed by atoms with Crippen LogP contribution in [0.5, 0.6) is 0 Å². The molecular weight excluding hydrogens is 284 g/mol. The second-order valence-corrected chi connectivity index (χ2v) is 5.51. The second kappa shape index (κ2) is 5.88. The Hall–Kier alpha value is -2.47. The van der Waals surface area contributed by atoms with Crippen molar-refractivity contribution >= 4 is 17.2 Å². The first-order chi connectivity index (χ1) is 10.2. The van der Waals surface area contributed by atoms with E-state index in [1.54, 1.807) is 28.4 Å². The molecule has 106 valence electrons. The van der Waals surface area contributed by atoms with Crippen LogP contribution in [0, 0.1) is 0 Å². The molecule has 0 unspecified atom stereocenters. The summed E-state index contributed by atoms with van der Waals surface area (Å²) in [6, 6.07) is 9.57. The molecule has 0 aromatic carbocycles. The highest BCUT2D eigenvalue weighted by Gasteiger charge is 2.14. The minimum absolute atomic E-state index is 0.183. The van der Waals surface area contributed by atoms with Gasteiger partial charge in [-0.15, -0.1) is 11.3 Å². The van der Waals surface area contributed by atoms with E-state index in [4.69, 9.17) is 0 Å². The van der Waals surface area contributed by atoms with Crippen LogP contribution in [0.4, 0.5) is 0 Å². The molecular formula is C15H14N4OS. The molecule has 0 fully saturated rings. The average Bonchev–Trinajstić information content (AvgIpc) is 3.15. The quantitative estimate of drug-likeness (QED) is 0.805. The molecule has 0 saturated heterocycles. The number of amides is 1. The van der Waals surface area contributed by atoms with Crippen LogP contribution in [0.3, 0.4) is 0 Å². The molecule has 0 aliphatic rings. The smallest absolute Gasteiger partial charge is 0.272 e. The molecule has 0 radical (unpaired) electrons. The number of hydrogen-bond acceptors (Lipinski definition) is 4. The molecule has 0 aliphatic carbocycles. The van der Waals surface area contributed by atoms with Gasteiger partial charge in [-0.3, -0.25) is 14.5 Å². The highest BCUT2D eigenvalue weighted by molar-refractivity contribution is 7.13. The van der Waals surface area contributed by atoms with Crippen molar-refractivity contribution in [1.29, 1.82) is 0 Å². The Balaban J connectivity index is 1.72. The Morgan fingerprint density at radius 2 is 2.29 bits per heavy atom. The van der Waals surface area contributed by atoms with Gasteiger partial charge in [-0.05, 0) is 29.1 Å². The summed E-state index contributed by atoms with van der Waals surface area (Å²) in [6.07, 6.45) is 3.44. The molecule has 0 spiro atoms. The fraction of sp³-hybridized carbons (Fsp3) is 0.133. The third-order valence-corrected chi connectivity index (χ3v) is 3.95. The van der Waals surface area contributed by atoms with Crippen LogP contribution in [0.2, 0.25) is 0 Å². The number of carbonyl (C=O) groups is 1. The first-order valence-corrected chi connectivity index (χ1v) is 7.37. The molecule has 1 amide bonds. The molecule has 0 atom stereocenters. The standard InChI is InChI=1S/C15H14N4OS/c1-19-13(14-5-3-7-21-14)8-12(18-19)15(20)17-10-11-4-2-6-16-9-11/h2-9H,10H2,1H3,(H,17,20).